The molecule has 0 radical (unpaired) electrons. The number of aromatic nitrogens is 1. The van der Waals surface area contributed by atoms with Crippen LogP contribution in [0.1, 0.15) is 10.5 Å². The summed E-state index contributed by atoms with van der Waals surface area (Å²) in [6.45, 7) is 2.91. The molecular weight excluding hydrogens is 264 g/mol. The zero-order valence-corrected chi connectivity index (χ0v) is 11.1. The second kappa shape index (κ2) is 4.86. The highest BCUT2D eigenvalue weighted by molar-refractivity contribution is 5.98. The van der Waals surface area contributed by atoms with E-state index >= 15 is 0 Å². The lowest BCUT2D eigenvalue weighted by atomic mass is 10.2. The smallest absolute Gasteiger partial charge is 0.270 e. The van der Waals surface area contributed by atoms with E-state index in [4.69, 9.17) is 0 Å². The number of likely N-dealkylation sites (N-methyl/N-ethyl adjacent to an activating group) is 1. The molecule has 0 spiro atoms. The van der Waals surface area contributed by atoms with Gasteiger partial charge in [0.05, 0.1) is 5.52 Å². The number of carbonyl (C=O) groups excluding carboxylic acids is 1. The Hall–Kier alpha value is -1.95. The van der Waals surface area contributed by atoms with Crippen LogP contribution >= 0.6 is 0 Å². The van der Waals surface area contributed by atoms with Crippen molar-refractivity contribution in [2.45, 2.75) is 0 Å². The highest BCUT2D eigenvalue weighted by atomic mass is 19.1. The maximum absolute atomic E-state index is 13.6. The molecule has 1 saturated heterocycles. The molecule has 1 aromatic carbocycles. The lowest BCUT2D eigenvalue weighted by molar-refractivity contribution is 0.0659. The Kier molecular flexibility index (Phi) is 3.17. The van der Waals surface area contributed by atoms with E-state index < -0.39 is 11.6 Å². The molecule has 20 heavy (non-hydrogen) atoms. The molecule has 2 heterocycles. The summed E-state index contributed by atoms with van der Waals surface area (Å²) in [7, 11) is 2.00. The first kappa shape index (κ1) is 13.1. The number of nitrogens with one attached hydrogen (secondary N) is 1. The van der Waals surface area contributed by atoms with Crippen LogP contribution in [0.25, 0.3) is 10.9 Å². The van der Waals surface area contributed by atoms with Crippen LogP contribution in [0.4, 0.5) is 8.78 Å². The summed E-state index contributed by atoms with van der Waals surface area (Å²) >= 11 is 0. The van der Waals surface area contributed by atoms with Crippen molar-refractivity contribution in [2.24, 2.45) is 0 Å². The number of halogens is 2. The van der Waals surface area contributed by atoms with Gasteiger partial charge in [0.15, 0.2) is 0 Å². The van der Waals surface area contributed by atoms with Crippen molar-refractivity contribution in [3.05, 3.63) is 35.5 Å². The van der Waals surface area contributed by atoms with Gasteiger partial charge in [0.1, 0.15) is 17.3 Å². The highest BCUT2D eigenvalue weighted by Gasteiger charge is 2.22. The van der Waals surface area contributed by atoms with Gasteiger partial charge in [0.2, 0.25) is 0 Å². The van der Waals surface area contributed by atoms with Gasteiger partial charge >= 0.3 is 0 Å². The summed E-state index contributed by atoms with van der Waals surface area (Å²) < 4.78 is 26.8. The van der Waals surface area contributed by atoms with Crippen LogP contribution in [0.5, 0.6) is 0 Å². The van der Waals surface area contributed by atoms with E-state index in [0.717, 1.165) is 19.2 Å². The Labute approximate surface area is 115 Å². The van der Waals surface area contributed by atoms with Crippen molar-refractivity contribution in [3.63, 3.8) is 0 Å². The molecule has 0 saturated carbocycles. The predicted molar refractivity (Wildman–Crippen MR) is 71.6 cm³/mol. The average Bonchev–Trinajstić information content (AvgIpc) is 2.83. The summed E-state index contributed by atoms with van der Waals surface area (Å²) in [6.07, 6.45) is 0. The van der Waals surface area contributed by atoms with Gasteiger partial charge in [-0.3, -0.25) is 4.79 Å². The van der Waals surface area contributed by atoms with Crippen molar-refractivity contribution in [2.75, 3.05) is 33.2 Å². The summed E-state index contributed by atoms with van der Waals surface area (Å²) in [5.41, 5.74) is 0.606. The zero-order chi connectivity index (χ0) is 14.3. The molecular formula is C14H15F2N3O. The van der Waals surface area contributed by atoms with Gasteiger partial charge in [-0.25, -0.2) is 8.78 Å². The topological polar surface area (TPSA) is 39.3 Å². The third-order valence-corrected chi connectivity index (χ3v) is 3.67. The number of hydrogen-bond acceptors (Lipinski definition) is 2. The highest BCUT2D eigenvalue weighted by Crippen LogP contribution is 2.21. The van der Waals surface area contributed by atoms with Crippen LogP contribution < -0.4 is 0 Å². The Morgan fingerprint density at radius 1 is 1.15 bits per heavy atom. The van der Waals surface area contributed by atoms with Gasteiger partial charge in [-0.2, -0.15) is 0 Å². The molecule has 3 rings (SSSR count). The number of carbonyl (C=O) groups is 1. The minimum atomic E-state index is -0.659. The van der Waals surface area contributed by atoms with Gasteiger partial charge in [0.25, 0.3) is 5.91 Å². The minimum Gasteiger partial charge on any atom is -0.350 e. The largest absolute Gasteiger partial charge is 0.350 e. The van der Waals surface area contributed by atoms with E-state index in [0.29, 0.717) is 24.3 Å². The van der Waals surface area contributed by atoms with Gasteiger partial charge in [-0.15, -0.1) is 0 Å². The molecule has 2 aromatic rings. The van der Waals surface area contributed by atoms with Gasteiger partial charge in [-0.05, 0) is 19.2 Å². The molecule has 106 valence electrons. The quantitative estimate of drug-likeness (QED) is 0.865. The molecule has 4 nitrogen and oxygen atoms in total. The Balaban J connectivity index is 1.90. The van der Waals surface area contributed by atoms with Crippen LogP contribution in [0, 0.1) is 11.6 Å². The predicted octanol–water partition coefficient (Wildman–Crippen LogP) is 1.83. The van der Waals surface area contributed by atoms with Crippen LogP contribution in [0.2, 0.25) is 0 Å². The van der Waals surface area contributed by atoms with E-state index in [1.54, 1.807) is 4.90 Å². The monoisotopic (exact) mass is 279 g/mol. The zero-order valence-electron chi connectivity index (χ0n) is 11.1. The number of amides is 1. The lowest BCUT2D eigenvalue weighted by Gasteiger charge is -2.32. The minimum absolute atomic E-state index is 0.172. The Morgan fingerprint density at radius 2 is 1.85 bits per heavy atom. The molecule has 1 aromatic heterocycles. The van der Waals surface area contributed by atoms with Gasteiger partial charge < -0.3 is 14.8 Å². The molecule has 0 aliphatic carbocycles. The van der Waals surface area contributed by atoms with Crippen LogP contribution in [0.3, 0.4) is 0 Å². The maximum atomic E-state index is 13.6. The van der Waals surface area contributed by atoms with E-state index in [9.17, 15) is 13.6 Å². The molecule has 1 N–H and O–H groups in total. The summed E-state index contributed by atoms with van der Waals surface area (Å²) in [4.78, 5) is 19.0. The maximum Gasteiger partial charge on any atom is 0.270 e. The van der Waals surface area contributed by atoms with Crippen molar-refractivity contribution >= 4 is 16.8 Å². The number of H-pyrrole nitrogens is 1. The number of nitrogens with zero attached hydrogens (tertiary/aromatic N) is 2. The van der Waals surface area contributed by atoms with Crippen LogP contribution in [-0.2, 0) is 0 Å². The first-order valence-corrected chi connectivity index (χ1v) is 6.50. The number of rotatable bonds is 1. The molecule has 0 unspecified atom stereocenters. The van der Waals surface area contributed by atoms with Gasteiger partial charge in [0, 0.05) is 37.6 Å². The van der Waals surface area contributed by atoms with Crippen molar-refractivity contribution in [1.82, 2.24) is 14.8 Å². The standard InChI is InChI=1S/C14H15F2N3O/c1-18-2-4-19(5-3-18)14(20)13-8-10-11(16)6-9(15)7-12(10)17-13/h6-8,17H,2-5H2,1H3. The summed E-state index contributed by atoms with van der Waals surface area (Å²) in [6, 6.07) is 3.46. The van der Waals surface area contributed by atoms with E-state index in [1.807, 2.05) is 7.05 Å². The fraction of sp³-hybridized carbons (Fsp3) is 0.357. The van der Waals surface area contributed by atoms with E-state index in [-0.39, 0.29) is 11.3 Å². The summed E-state index contributed by atoms with van der Waals surface area (Å²) in [5, 5.41) is 0.240. The molecule has 6 heteroatoms. The molecule has 1 aliphatic heterocycles. The number of fused-ring (bicyclic) bond motifs is 1. The van der Waals surface area contributed by atoms with Crippen LogP contribution in [0.15, 0.2) is 18.2 Å². The SMILES string of the molecule is CN1CCN(C(=O)c2cc3c(F)cc(F)cc3[nH]2)CC1. The first-order valence-electron chi connectivity index (χ1n) is 6.50. The Morgan fingerprint density at radius 3 is 2.55 bits per heavy atom. The third-order valence-electron chi connectivity index (χ3n) is 3.67. The Bertz CT molecular complexity index is 660. The fourth-order valence-electron chi connectivity index (χ4n) is 2.46. The van der Waals surface area contributed by atoms with Gasteiger partial charge in [-0.1, -0.05) is 0 Å². The molecule has 0 bridgehead atoms. The molecule has 1 fully saturated rings. The van der Waals surface area contributed by atoms with E-state index in [2.05, 4.69) is 9.88 Å². The molecule has 0 atom stereocenters. The number of benzene rings is 1. The molecule has 1 amide bonds. The number of aromatic amines is 1. The van der Waals surface area contributed by atoms with E-state index in [1.165, 1.54) is 12.1 Å². The van der Waals surface area contributed by atoms with Crippen molar-refractivity contribution in [1.29, 1.82) is 0 Å². The van der Waals surface area contributed by atoms with Crippen molar-refractivity contribution < 1.29 is 13.6 Å². The second-order valence-electron chi connectivity index (χ2n) is 5.13. The number of piperazine rings is 1. The van der Waals surface area contributed by atoms with Crippen molar-refractivity contribution in [3.8, 4) is 0 Å². The fourth-order valence-corrected chi connectivity index (χ4v) is 2.46. The van der Waals surface area contributed by atoms with Crippen LogP contribution in [-0.4, -0.2) is 53.9 Å². The molecule has 1 aliphatic rings. The normalized spacial score (nSPS) is 16.9. The second-order valence-corrected chi connectivity index (χ2v) is 5.13. The lowest BCUT2D eigenvalue weighted by Crippen LogP contribution is -2.47. The average molecular weight is 279 g/mol. The first-order chi connectivity index (χ1) is 9.54. The number of hydrogen-bond donors (Lipinski definition) is 1. The summed E-state index contributed by atoms with van der Waals surface area (Å²) in [5.74, 6) is -1.49. The third kappa shape index (κ3) is 2.27.